The molecule has 1 saturated heterocycles. The van der Waals surface area contributed by atoms with Crippen molar-refractivity contribution in [1.29, 1.82) is 0 Å². The van der Waals surface area contributed by atoms with Crippen LogP contribution in [-0.4, -0.2) is 32.6 Å². The first-order valence-electron chi connectivity index (χ1n) is 8.39. The number of hydrogen-bond donors (Lipinski definition) is 1. The van der Waals surface area contributed by atoms with E-state index in [9.17, 15) is 18.5 Å². The maximum Gasteiger partial charge on any atom is 0.271 e. The zero-order chi connectivity index (χ0) is 21.2. The van der Waals surface area contributed by atoms with Gasteiger partial charge in [-0.1, -0.05) is 34.8 Å². The van der Waals surface area contributed by atoms with Crippen LogP contribution in [0.3, 0.4) is 0 Å². The molecule has 3 rings (SSSR count). The molecule has 1 fully saturated rings. The van der Waals surface area contributed by atoms with E-state index < -0.39 is 14.9 Å². The lowest BCUT2D eigenvalue weighted by molar-refractivity contribution is -0.384. The van der Waals surface area contributed by atoms with Crippen molar-refractivity contribution in [3.63, 3.8) is 0 Å². The highest BCUT2D eigenvalue weighted by molar-refractivity contribution is 7.89. The summed E-state index contributed by atoms with van der Waals surface area (Å²) in [6.45, 7) is 0.759. The molecule has 2 aromatic carbocycles. The molecule has 0 aromatic heterocycles. The molecule has 0 saturated carbocycles. The highest BCUT2D eigenvalue weighted by Gasteiger charge is 2.23. The summed E-state index contributed by atoms with van der Waals surface area (Å²) in [5, 5.41) is 10.6. The second kappa shape index (κ2) is 9.03. The SMILES string of the molecule is O=[N+]([O-])c1ccc(Oc2c(Cl)cc(S(=O)(=O)NCC3CCCO3)cc2Cl)c(Cl)c1. The Kier molecular flexibility index (Phi) is 6.87. The van der Waals surface area contributed by atoms with E-state index in [1.807, 2.05) is 0 Å². The molecule has 0 bridgehead atoms. The third-order valence-corrected chi connectivity index (χ3v) is 6.41. The zero-order valence-corrected chi connectivity index (χ0v) is 17.8. The maximum absolute atomic E-state index is 12.5. The van der Waals surface area contributed by atoms with Gasteiger partial charge in [-0.25, -0.2) is 13.1 Å². The summed E-state index contributed by atoms with van der Waals surface area (Å²) in [5.74, 6) is 0.0512. The minimum Gasteiger partial charge on any atom is -0.453 e. The lowest BCUT2D eigenvalue weighted by atomic mass is 10.2. The van der Waals surface area contributed by atoms with Gasteiger partial charge in [-0.15, -0.1) is 0 Å². The van der Waals surface area contributed by atoms with E-state index in [1.165, 1.54) is 24.3 Å². The molecule has 1 heterocycles. The number of halogens is 3. The van der Waals surface area contributed by atoms with Crippen LogP contribution in [0, 0.1) is 10.1 Å². The molecule has 0 aliphatic carbocycles. The van der Waals surface area contributed by atoms with Crippen LogP contribution < -0.4 is 9.46 Å². The average Bonchev–Trinajstić information content (AvgIpc) is 3.17. The number of ether oxygens (including phenoxy) is 2. The number of nitrogens with one attached hydrogen (secondary N) is 1. The summed E-state index contributed by atoms with van der Waals surface area (Å²) in [6.07, 6.45) is 1.51. The van der Waals surface area contributed by atoms with Crippen molar-refractivity contribution in [3.05, 3.63) is 55.5 Å². The van der Waals surface area contributed by atoms with Gasteiger partial charge in [0.05, 0.1) is 31.0 Å². The first-order chi connectivity index (χ1) is 13.7. The molecule has 0 radical (unpaired) electrons. The minimum absolute atomic E-state index is 0.0258. The molecular formula is C17H15Cl3N2O6S. The van der Waals surface area contributed by atoms with Gasteiger partial charge in [0.2, 0.25) is 10.0 Å². The van der Waals surface area contributed by atoms with Gasteiger partial charge in [-0.05, 0) is 31.0 Å². The van der Waals surface area contributed by atoms with Gasteiger partial charge in [0.25, 0.3) is 5.69 Å². The first-order valence-corrected chi connectivity index (χ1v) is 11.0. The average molecular weight is 482 g/mol. The molecule has 12 heteroatoms. The second-order valence-corrected chi connectivity index (χ2v) is 9.17. The number of nitro benzene ring substituents is 1. The number of non-ortho nitro benzene ring substituents is 1. The Morgan fingerprint density at radius 2 is 1.86 bits per heavy atom. The van der Waals surface area contributed by atoms with Crippen molar-refractivity contribution in [2.45, 2.75) is 23.8 Å². The topological polar surface area (TPSA) is 108 Å². The van der Waals surface area contributed by atoms with Gasteiger partial charge in [0.1, 0.15) is 5.75 Å². The van der Waals surface area contributed by atoms with Crippen LogP contribution in [0.2, 0.25) is 15.1 Å². The van der Waals surface area contributed by atoms with E-state index in [-0.39, 0.29) is 49.8 Å². The molecule has 1 N–H and O–H groups in total. The molecular weight excluding hydrogens is 467 g/mol. The molecule has 2 aromatic rings. The highest BCUT2D eigenvalue weighted by Crippen LogP contribution is 2.41. The summed E-state index contributed by atoms with van der Waals surface area (Å²) in [5.41, 5.74) is -0.210. The molecule has 1 aliphatic rings. The van der Waals surface area contributed by atoms with Crippen LogP contribution >= 0.6 is 34.8 Å². The van der Waals surface area contributed by atoms with E-state index in [4.69, 9.17) is 44.3 Å². The third-order valence-electron chi connectivity index (χ3n) is 4.15. The molecule has 1 aliphatic heterocycles. The van der Waals surface area contributed by atoms with Crippen LogP contribution in [0.15, 0.2) is 35.2 Å². The number of sulfonamides is 1. The quantitative estimate of drug-likeness (QED) is 0.449. The second-order valence-electron chi connectivity index (χ2n) is 6.18. The van der Waals surface area contributed by atoms with Crippen molar-refractivity contribution >= 4 is 50.5 Å². The standard InChI is InChI=1S/C17H15Cl3N2O6S/c18-13-6-10(22(23)24)3-4-16(13)28-17-14(19)7-12(8-15(17)20)29(25,26)21-9-11-2-1-5-27-11/h3-4,6-8,11,21H,1-2,5,9H2. The van der Waals surface area contributed by atoms with E-state index in [0.717, 1.165) is 18.9 Å². The lowest BCUT2D eigenvalue weighted by Gasteiger charge is -2.14. The molecule has 156 valence electrons. The summed E-state index contributed by atoms with van der Waals surface area (Å²) >= 11 is 18.4. The van der Waals surface area contributed by atoms with Crippen LogP contribution in [0.25, 0.3) is 0 Å². The van der Waals surface area contributed by atoms with E-state index in [1.54, 1.807) is 0 Å². The molecule has 0 spiro atoms. The normalized spacial score (nSPS) is 16.7. The van der Waals surface area contributed by atoms with Gasteiger partial charge >= 0.3 is 0 Å². The predicted octanol–water partition coefficient (Wildman–Crippen LogP) is 4.80. The largest absolute Gasteiger partial charge is 0.453 e. The fraction of sp³-hybridized carbons (Fsp3) is 0.294. The van der Waals surface area contributed by atoms with Gasteiger partial charge in [0.15, 0.2) is 5.75 Å². The Bertz CT molecular complexity index is 1020. The number of benzene rings is 2. The van der Waals surface area contributed by atoms with Crippen molar-refractivity contribution in [1.82, 2.24) is 4.72 Å². The fourth-order valence-corrected chi connectivity index (χ4v) is 4.70. The number of nitro groups is 1. The third kappa shape index (κ3) is 5.30. The molecule has 1 atom stereocenters. The van der Waals surface area contributed by atoms with Crippen LogP contribution in [0.1, 0.15) is 12.8 Å². The summed E-state index contributed by atoms with van der Waals surface area (Å²) < 4.78 is 38.4. The van der Waals surface area contributed by atoms with Crippen molar-refractivity contribution in [2.24, 2.45) is 0 Å². The van der Waals surface area contributed by atoms with Crippen LogP contribution in [-0.2, 0) is 14.8 Å². The Morgan fingerprint density at radius 3 is 2.41 bits per heavy atom. The Hall–Kier alpha value is -1.62. The van der Waals surface area contributed by atoms with Crippen molar-refractivity contribution in [2.75, 3.05) is 13.2 Å². The van der Waals surface area contributed by atoms with Gasteiger partial charge in [-0.3, -0.25) is 10.1 Å². The van der Waals surface area contributed by atoms with Gasteiger partial charge in [0, 0.05) is 25.3 Å². The molecule has 29 heavy (non-hydrogen) atoms. The fourth-order valence-electron chi connectivity index (χ4n) is 2.68. The molecule has 1 unspecified atom stereocenters. The molecule has 8 nitrogen and oxygen atoms in total. The van der Waals surface area contributed by atoms with E-state index in [2.05, 4.69) is 4.72 Å². The Labute approximate surface area is 181 Å². The first kappa shape index (κ1) is 22.1. The maximum atomic E-state index is 12.5. The number of hydrogen-bond acceptors (Lipinski definition) is 6. The summed E-state index contributed by atoms with van der Waals surface area (Å²) in [6, 6.07) is 6.00. The van der Waals surface area contributed by atoms with Crippen molar-refractivity contribution < 1.29 is 22.8 Å². The highest BCUT2D eigenvalue weighted by atomic mass is 35.5. The predicted molar refractivity (Wildman–Crippen MR) is 109 cm³/mol. The summed E-state index contributed by atoms with van der Waals surface area (Å²) in [4.78, 5) is 10.1. The summed E-state index contributed by atoms with van der Waals surface area (Å²) in [7, 11) is -3.86. The monoisotopic (exact) mass is 480 g/mol. The number of nitrogens with zero attached hydrogens (tertiary/aromatic N) is 1. The minimum atomic E-state index is -3.86. The van der Waals surface area contributed by atoms with Crippen LogP contribution in [0.5, 0.6) is 11.5 Å². The van der Waals surface area contributed by atoms with Crippen LogP contribution in [0.4, 0.5) is 5.69 Å². The lowest BCUT2D eigenvalue weighted by Crippen LogP contribution is -2.31. The molecule has 0 amide bonds. The smallest absolute Gasteiger partial charge is 0.271 e. The van der Waals surface area contributed by atoms with Gasteiger partial charge < -0.3 is 9.47 Å². The van der Waals surface area contributed by atoms with Crippen molar-refractivity contribution in [3.8, 4) is 11.5 Å². The number of rotatable bonds is 7. The van der Waals surface area contributed by atoms with E-state index >= 15 is 0 Å². The zero-order valence-electron chi connectivity index (χ0n) is 14.7. The Morgan fingerprint density at radius 1 is 1.17 bits per heavy atom. The Balaban J connectivity index is 1.81. The van der Waals surface area contributed by atoms with E-state index in [0.29, 0.717) is 6.61 Å². The van der Waals surface area contributed by atoms with Gasteiger partial charge in [-0.2, -0.15) is 0 Å².